The van der Waals surface area contributed by atoms with Gasteiger partial charge >= 0.3 is 0 Å². The van der Waals surface area contributed by atoms with Crippen molar-refractivity contribution in [3.63, 3.8) is 0 Å². The molecular weight excluding hydrogens is 178 g/mol. The van der Waals surface area contributed by atoms with Gasteiger partial charge in [-0.15, -0.1) is 0 Å². The molecule has 1 N–H and O–H groups in total. The van der Waals surface area contributed by atoms with E-state index in [2.05, 4.69) is 33.0 Å². The maximum absolute atomic E-state index is 5.44. The zero-order chi connectivity index (χ0) is 10.8. The Balaban J connectivity index is 3.05. The average Bonchev–Trinajstić information content (AvgIpc) is 2.11. The van der Waals surface area contributed by atoms with E-state index in [1.807, 2.05) is 0 Å². The molecule has 0 spiro atoms. The van der Waals surface area contributed by atoms with Crippen molar-refractivity contribution in [3.8, 4) is 0 Å². The molecule has 0 bridgehead atoms. The highest BCUT2D eigenvalue weighted by Gasteiger charge is 1.99. The van der Waals surface area contributed by atoms with Crippen molar-refractivity contribution in [2.45, 2.75) is 33.7 Å². The number of likely N-dealkylation sites (N-methyl/N-ethyl adjacent to an activating group) is 1. The van der Waals surface area contributed by atoms with Gasteiger partial charge in [0.2, 0.25) is 0 Å². The van der Waals surface area contributed by atoms with Crippen LogP contribution in [0.1, 0.15) is 27.7 Å². The number of hydrogen-bond donors (Lipinski definition) is 1. The zero-order valence-electron chi connectivity index (χ0n) is 10.0. The molecular formula is C11H25NO2. The molecule has 0 heterocycles. The first-order chi connectivity index (χ1) is 6.66. The molecule has 0 aliphatic carbocycles. The van der Waals surface area contributed by atoms with E-state index >= 15 is 0 Å². The Morgan fingerprint density at radius 3 is 2.07 bits per heavy atom. The quantitative estimate of drug-likeness (QED) is 0.578. The lowest BCUT2D eigenvalue weighted by atomic mass is 10.2. The van der Waals surface area contributed by atoms with Gasteiger partial charge in [-0.05, 0) is 19.4 Å². The van der Waals surface area contributed by atoms with Crippen molar-refractivity contribution in [1.29, 1.82) is 0 Å². The molecule has 0 fully saturated rings. The summed E-state index contributed by atoms with van der Waals surface area (Å²) in [5.41, 5.74) is 0. The SMILES string of the molecule is CCNC(C)COCCOCC(C)C. The van der Waals surface area contributed by atoms with E-state index in [9.17, 15) is 0 Å². The minimum absolute atomic E-state index is 0.435. The van der Waals surface area contributed by atoms with Crippen LogP contribution in [-0.2, 0) is 9.47 Å². The molecule has 1 atom stereocenters. The second-order valence-corrected chi connectivity index (χ2v) is 4.00. The van der Waals surface area contributed by atoms with E-state index in [1.54, 1.807) is 0 Å². The van der Waals surface area contributed by atoms with Crippen molar-refractivity contribution >= 4 is 0 Å². The number of hydrogen-bond acceptors (Lipinski definition) is 3. The van der Waals surface area contributed by atoms with Crippen molar-refractivity contribution in [3.05, 3.63) is 0 Å². The average molecular weight is 203 g/mol. The minimum Gasteiger partial charge on any atom is -0.379 e. The van der Waals surface area contributed by atoms with Crippen molar-refractivity contribution in [2.75, 3.05) is 33.0 Å². The first kappa shape index (κ1) is 13.9. The molecule has 0 saturated heterocycles. The fourth-order valence-corrected chi connectivity index (χ4v) is 1.10. The van der Waals surface area contributed by atoms with E-state index in [0.717, 1.165) is 19.8 Å². The highest BCUT2D eigenvalue weighted by molar-refractivity contribution is 4.56. The molecule has 0 aromatic heterocycles. The maximum Gasteiger partial charge on any atom is 0.0701 e. The highest BCUT2D eigenvalue weighted by atomic mass is 16.5. The van der Waals surface area contributed by atoms with Gasteiger partial charge in [0.1, 0.15) is 0 Å². The second-order valence-electron chi connectivity index (χ2n) is 4.00. The van der Waals surface area contributed by atoms with Crippen LogP contribution in [0, 0.1) is 5.92 Å². The van der Waals surface area contributed by atoms with Crippen LogP contribution < -0.4 is 5.32 Å². The molecule has 0 saturated carbocycles. The lowest BCUT2D eigenvalue weighted by Crippen LogP contribution is -2.30. The van der Waals surface area contributed by atoms with Crippen molar-refractivity contribution in [1.82, 2.24) is 5.32 Å². The van der Waals surface area contributed by atoms with Gasteiger partial charge in [0, 0.05) is 12.6 Å². The molecule has 0 rings (SSSR count). The third-order valence-electron chi connectivity index (χ3n) is 1.74. The predicted molar refractivity (Wildman–Crippen MR) is 59.6 cm³/mol. The van der Waals surface area contributed by atoms with Crippen molar-refractivity contribution in [2.24, 2.45) is 5.92 Å². The summed E-state index contributed by atoms with van der Waals surface area (Å²) >= 11 is 0. The van der Waals surface area contributed by atoms with Crippen molar-refractivity contribution < 1.29 is 9.47 Å². The molecule has 3 nitrogen and oxygen atoms in total. The summed E-state index contributed by atoms with van der Waals surface area (Å²) in [7, 11) is 0. The van der Waals surface area contributed by atoms with E-state index in [0.29, 0.717) is 25.2 Å². The van der Waals surface area contributed by atoms with Gasteiger partial charge in [0.25, 0.3) is 0 Å². The van der Waals surface area contributed by atoms with Crippen LogP contribution in [0.2, 0.25) is 0 Å². The summed E-state index contributed by atoms with van der Waals surface area (Å²) in [4.78, 5) is 0. The van der Waals surface area contributed by atoms with E-state index < -0.39 is 0 Å². The molecule has 14 heavy (non-hydrogen) atoms. The van der Waals surface area contributed by atoms with Gasteiger partial charge in [-0.1, -0.05) is 20.8 Å². The molecule has 0 aliphatic heterocycles. The lowest BCUT2D eigenvalue weighted by molar-refractivity contribution is 0.0320. The van der Waals surface area contributed by atoms with E-state index in [-0.39, 0.29) is 0 Å². The molecule has 1 unspecified atom stereocenters. The Morgan fingerprint density at radius 1 is 1.00 bits per heavy atom. The molecule has 0 radical (unpaired) electrons. The molecule has 0 aromatic rings. The largest absolute Gasteiger partial charge is 0.379 e. The summed E-state index contributed by atoms with van der Waals surface area (Å²) in [6.07, 6.45) is 0. The molecule has 86 valence electrons. The predicted octanol–water partition coefficient (Wildman–Crippen LogP) is 1.67. The Kier molecular flexibility index (Phi) is 9.35. The summed E-state index contributed by atoms with van der Waals surface area (Å²) in [6, 6.07) is 0.435. The van der Waals surface area contributed by atoms with Crippen LogP contribution in [0.3, 0.4) is 0 Å². The summed E-state index contributed by atoms with van der Waals surface area (Å²) in [6.45, 7) is 12.5. The van der Waals surface area contributed by atoms with Crippen LogP contribution >= 0.6 is 0 Å². The fourth-order valence-electron chi connectivity index (χ4n) is 1.10. The monoisotopic (exact) mass is 203 g/mol. The first-order valence-corrected chi connectivity index (χ1v) is 5.55. The zero-order valence-corrected chi connectivity index (χ0v) is 10.0. The summed E-state index contributed by atoms with van der Waals surface area (Å²) in [5.74, 6) is 0.607. The van der Waals surface area contributed by atoms with Crippen LogP contribution in [0.25, 0.3) is 0 Å². The Morgan fingerprint density at radius 2 is 1.57 bits per heavy atom. The van der Waals surface area contributed by atoms with Gasteiger partial charge in [-0.25, -0.2) is 0 Å². The van der Waals surface area contributed by atoms with Crippen LogP contribution in [0.15, 0.2) is 0 Å². The second kappa shape index (κ2) is 9.44. The third kappa shape index (κ3) is 9.96. The fraction of sp³-hybridized carbons (Fsp3) is 1.00. The summed E-state index contributed by atoms with van der Waals surface area (Å²) < 4.78 is 10.8. The third-order valence-corrected chi connectivity index (χ3v) is 1.74. The minimum atomic E-state index is 0.435. The first-order valence-electron chi connectivity index (χ1n) is 5.55. The lowest BCUT2D eigenvalue weighted by Gasteiger charge is -2.12. The maximum atomic E-state index is 5.44. The van der Waals surface area contributed by atoms with E-state index in [1.165, 1.54) is 0 Å². The Hall–Kier alpha value is -0.120. The van der Waals surface area contributed by atoms with Gasteiger partial charge in [-0.3, -0.25) is 0 Å². The molecule has 0 amide bonds. The van der Waals surface area contributed by atoms with Gasteiger partial charge in [0.05, 0.1) is 19.8 Å². The van der Waals surface area contributed by atoms with Crippen LogP contribution in [0.5, 0.6) is 0 Å². The van der Waals surface area contributed by atoms with E-state index in [4.69, 9.17) is 9.47 Å². The number of rotatable bonds is 9. The highest BCUT2D eigenvalue weighted by Crippen LogP contribution is 1.92. The van der Waals surface area contributed by atoms with Gasteiger partial charge < -0.3 is 14.8 Å². The Bertz CT molecular complexity index is 118. The normalized spacial score (nSPS) is 13.5. The Labute approximate surface area is 88.2 Å². The number of nitrogens with one attached hydrogen (secondary N) is 1. The van der Waals surface area contributed by atoms with Gasteiger partial charge in [-0.2, -0.15) is 0 Å². The molecule has 3 heteroatoms. The summed E-state index contributed by atoms with van der Waals surface area (Å²) in [5, 5.41) is 3.29. The smallest absolute Gasteiger partial charge is 0.0701 e. The number of ether oxygens (including phenoxy) is 2. The topological polar surface area (TPSA) is 30.5 Å². The van der Waals surface area contributed by atoms with Gasteiger partial charge in [0.15, 0.2) is 0 Å². The molecule has 0 aliphatic rings. The molecule has 0 aromatic carbocycles. The standard InChI is InChI=1S/C11H25NO2/c1-5-12-11(4)9-14-7-6-13-8-10(2)3/h10-12H,5-9H2,1-4H3. The van der Waals surface area contributed by atoms with Crippen LogP contribution in [0.4, 0.5) is 0 Å². The van der Waals surface area contributed by atoms with Crippen LogP contribution in [-0.4, -0.2) is 39.0 Å².